The van der Waals surface area contributed by atoms with Gasteiger partial charge in [0.1, 0.15) is 11.6 Å². The van der Waals surface area contributed by atoms with Crippen LogP contribution in [0.5, 0.6) is 0 Å². The van der Waals surface area contributed by atoms with Crippen molar-refractivity contribution in [2.45, 2.75) is 51.3 Å². The first kappa shape index (κ1) is 16.4. The Morgan fingerprint density at radius 3 is 2.96 bits per heavy atom. The molecule has 1 aliphatic carbocycles. The third-order valence-electron chi connectivity index (χ3n) is 4.23. The van der Waals surface area contributed by atoms with Gasteiger partial charge in [0.15, 0.2) is 0 Å². The lowest BCUT2D eigenvalue weighted by Gasteiger charge is -2.19. The monoisotopic (exact) mass is 379 g/mol. The Morgan fingerprint density at radius 1 is 1.43 bits per heavy atom. The second-order valence-corrected chi connectivity index (χ2v) is 7.32. The molecular weight excluding hydrogens is 358 g/mol. The molecule has 1 saturated carbocycles. The molecule has 1 unspecified atom stereocenters. The van der Waals surface area contributed by atoms with Crippen LogP contribution in [0.2, 0.25) is 0 Å². The summed E-state index contributed by atoms with van der Waals surface area (Å²) < 4.78 is 2.75. The number of anilines is 1. The highest BCUT2D eigenvalue weighted by Gasteiger charge is 2.33. The highest BCUT2D eigenvalue weighted by atomic mass is 79.9. The molecule has 2 N–H and O–H groups in total. The zero-order valence-corrected chi connectivity index (χ0v) is 14.9. The minimum absolute atomic E-state index is 0.00164. The molecule has 3 atom stereocenters. The van der Waals surface area contributed by atoms with Crippen LogP contribution < -0.4 is 5.32 Å². The van der Waals surface area contributed by atoms with Gasteiger partial charge >= 0.3 is 0 Å². The number of aromatic nitrogens is 4. The summed E-state index contributed by atoms with van der Waals surface area (Å²) in [5.41, 5.74) is 0. The zero-order chi connectivity index (χ0) is 16.4. The minimum atomic E-state index is -0.375. The smallest absolute Gasteiger partial charge is 0.144 e. The fourth-order valence-corrected chi connectivity index (χ4v) is 3.34. The minimum Gasteiger partial charge on any atom is -0.391 e. The molecule has 0 spiro atoms. The van der Waals surface area contributed by atoms with E-state index in [2.05, 4.69) is 50.2 Å². The molecule has 2 aromatic rings. The molecule has 0 radical (unpaired) electrons. The van der Waals surface area contributed by atoms with Crippen molar-refractivity contribution < 1.29 is 5.11 Å². The van der Waals surface area contributed by atoms with Crippen LogP contribution >= 0.6 is 15.9 Å². The average Bonchev–Trinajstić information content (AvgIpc) is 3.12. The molecule has 1 fully saturated rings. The molecule has 6 nitrogen and oxygen atoms in total. The molecule has 2 heterocycles. The van der Waals surface area contributed by atoms with Gasteiger partial charge in [-0.3, -0.25) is 4.68 Å². The van der Waals surface area contributed by atoms with E-state index in [0.717, 1.165) is 35.5 Å². The third kappa shape index (κ3) is 3.90. The molecule has 0 bridgehead atoms. The number of nitrogens with zero attached hydrogens (tertiary/aromatic N) is 4. The Kier molecular flexibility index (Phi) is 4.96. The number of rotatable bonds is 5. The van der Waals surface area contributed by atoms with Crippen LogP contribution in [0, 0.1) is 5.92 Å². The van der Waals surface area contributed by atoms with Gasteiger partial charge in [-0.25, -0.2) is 9.97 Å². The SMILES string of the molecule is CC(C)c1ncc(Br)c(N[C@@H]2CC(Cn3cccn3)C[C@H]2O)n1. The molecule has 0 saturated heterocycles. The van der Waals surface area contributed by atoms with Crippen LogP contribution in [0.25, 0.3) is 0 Å². The van der Waals surface area contributed by atoms with E-state index in [4.69, 9.17) is 0 Å². The Balaban J connectivity index is 1.67. The first-order valence-corrected chi connectivity index (χ1v) is 8.76. The Bertz CT molecular complexity index is 646. The van der Waals surface area contributed by atoms with E-state index in [9.17, 15) is 5.11 Å². The molecule has 0 aliphatic heterocycles. The molecule has 2 aromatic heterocycles. The van der Waals surface area contributed by atoms with Gasteiger partial charge in [0.2, 0.25) is 0 Å². The first-order valence-electron chi connectivity index (χ1n) is 7.97. The van der Waals surface area contributed by atoms with E-state index in [1.54, 1.807) is 12.4 Å². The fraction of sp³-hybridized carbons (Fsp3) is 0.562. The van der Waals surface area contributed by atoms with E-state index in [0.29, 0.717) is 5.92 Å². The average molecular weight is 380 g/mol. The summed E-state index contributed by atoms with van der Waals surface area (Å²) in [6, 6.07) is 1.92. The van der Waals surface area contributed by atoms with Crippen molar-refractivity contribution >= 4 is 21.7 Å². The normalized spacial score (nSPS) is 24.3. The van der Waals surface area contributed by atoms with Crippen LogP contribution in [-0.2, 0) is 6.54 Å². The maximum atomic E-state index is 10.4. The lowest BCUT2D eigenvalue weighted by Crippen LogP contribution is -2.28. The summed E-state index contributed by atoms with van der Waals surface area (Å²) in [4.78, 5) is 8.90. The Hall–Kier alpha value is -1.47. The maximum absolute atomic E-state index is 10.4. The fourth-order valence-electron chi connectivity index (χ4n) is 3.03. The van der Waals surface area contributed by atoms with Crippen LogP contribution in [0.3, 0.4) is 0 Å². The van der Waals surface area contributed by atoms with Crippen molar-refractivity contribution in [1.29, 1.82) is 0 Å². The molecular formula is C16H22BrN5O. The third-order valence-corrected chi connectivity index (χ3v) is 4.81. The van der Waals surface area contributed by atoms with Crippen molar-refractivity contribution in [1.82, 2.24) is 19.7 Å². The van der Waals surface area contributed by atoms with E-state index >= 15 is 0 Å². The topological polar surface area (TPSA) is 75.9 Å². The quantitative estimate of drug-likeness (QED) is 0.834. The molecule has 0 aromatic carbocycles. The Labute approximate surface area is 144 Å². The largest absolute Gasteiger partial charge is 0.391 e. The van der Waals surface area contributed by atoms with Gasteiger partial charge in [0, 0.05) is 31.1 Å². The highest BCUT2D eigenvalue weighted by Crippen LogP contribution is 2.31. The number of nitrogens with one attached hydrogen (secondary N) is 1. The van der Waals surface area contributed by atoms with Crippen LogP contribution in [0.1, 0.15) is 38.4 Å². The predicted molar refractivity (Wildman–Crippen MR) is 92.2 cm³/mol. The lowest BCUT2D eigenvalue weighted by atomic mass is 10.1. The number of hydrogen-bond acceptors (Lipinski definition) is 5. The summed E-state index contributed by atoms with van der Waals surface area (Å²) in [7, 11) is 0. The summed E-state index contributed by atoms with van der Waals surface area (Å²) >= 11 is 3.49. The van der Waals surface area contributed by atoms with Gasteiger partial charge in [-0.2, -0.15) is 5.10 Å². The van der Waals surface area contributed by atoms with Crippen molar-refractivity contribution in [3.8, 4) is 0 Å². The summed E-state index contributed by atoms with van der Waals surface area (Å²) in [6.07, 6.45) is 6.81. The van der Waals surface area contributed by atoms with Gasteiger partial charge in [-0.1, -0.05) is 13.8 Å². The number of halogens is 1. The van der Waals surface area contributed by atoms with Crippen molar-refractivity contribution in [2.75, 3.05) is 5.32 Å². The van der Waals surface area contributed by atoms with Gasteiger partial charge in [-0.15, -0.1) is 0 Å². The van der Waals surface area contributed by atoms with E-state index in [1.807, 2.05) is 16.9 Å². The number of aliphatic hydroxyl groups is 1. The van der Waals surface area contributed by atoms with E-state index < -0.39 is 0 Å². The summed E-state index contributed by atoms with van der Waals surface area (Å²) in [5, 5.41) is 18.0. The standard InChI is InChI=1S/C16H22BrN5O/c1-10(2)15-18-8-12(17)16(21-15)20-13-6-11(7-14(13)23)9-22-5-3-4-19-22/h3-5,8,10-11,13-14,23H,6-7,9H2,1-2H3,(H,18,20,21)/t11?,13-,14-/m1/s1. The van der Waals surface area contributed by atoms with Crippen molar-refractivity contribution in [2.24, 2.45) is 5.92 Å². The number of aliphatic hydroxyl groups excluding tert-OH is 1. The Morgan fingerprint density at radius 2 is 2.26 bits per heavy atom. The van der Waals surface area contributed by atoms with Gasteiger partial charge < -0.3 is 10.4 Å². The second-order valence-electron chi connectivity index (χ2n) is 6.46. The van der Waals surface area contributed by atoms with Gasteiger partial charge in [0.05, 0.1) is 16.6 Å². The molecule has 124 valence electrons. The van der Waals surface area contributed by atoms with Crippen LogP contribution in [-0.4, -0.2) is 37.0 Å². The number of hydrogen-bond donors (Lipinski definition) is 2. The molecule has 23 heavy (non-hydrogen) atoms. The summed E-state index contributed by atoms with van der Waals surface area (Å²) in [5.74, 6) is 2.24. The van der Waals surface area contributed by atoms with E-state index in [1.165, 1.54) is 0 Å². The molecule has 3 rings (SSSR count). The highest BCUT2D eigenvalue weighted by molar-refractivity contribution is 9.10. The van der Waals surface area contributed by atoms with Crippen LogP contribution in [0.15, 0.2) is 29.1 Å². The summed E-state index contributed by atoms with van der Waals surface area (Å²) in [6.45, 7) is 4.97. The first-order chi connectivity index (χ1) is 11.0. The van der Waals surface area contributed by atoms with Crippen molar-refractivity contribution in [3.63, 3.8) is 0 Å². The maximum Gasteiger partial charge on any atom is 0.144 e. The molecule has 7 heteroatoms. The van der Waals surface area contributed by atoms with Gasteiger partial charge in [0.25, 0.3) is 0 Å². The second kappa shape index (κ2) is 6.97. The zero-order valence-electron chi connectivity index (χ0n) is 13.4. The van der Waals surface area contributed by atoms with Crippen molar-refractivity contribution in [3.05, 3.63) is 35.0 Å². The molecule has 0 amide bonds. The van der Waals surface area contributed by atoms with Crippen LogP contribution in [0.4, 0.5) is 5.82 Å². The van der Waals surface area contributed by atoms with E-state index in [-0.39, 0.29) is 18.1 Å². The lowest BCUT2D eigenvalue weighted by molar-refractivity contribution is 0.165. The predicted octanol–water partition coefficient (Wildman–Crippen LogP) is 2.81. The molecule has 1 aliphatic rings. The van der Waals surface area contributed by atoms with Gasteiger partial charge in [-0.05, 0) is 40.8 Å².